The summed E-state index contributed by atoms with van der Waals surface area (Å²) in [6, 6.07) is 20.3. The van der Waals surface area contributed by atoms with E-state index in [1.54, 1.807) is 30.3 Å². The predicted molar refractivity (Wildman–Crippen MR) is 109 cm³/mol. The third-order valence-electron chi connectivity index (χ3n) is 4.25. The molecule has 0 saturated heterocycles. The van der Waals surface area contributed by atoms with Crippen molar-refractivity contribution >= 4 is 32.5 Å². The van der Waals surface area contributed by atoms with Gasteiger partial charge in [0, 0.05) is 11.1 Å². The number of sulfonamides is 1. The smallest absolute Gasteiger partial charge is 0.274 e. The highest BCUT2D eigenvalue weighted by atomic mass is 32.2. The van der Waals surface area contributed by atoms with Crippen LogP contribution in [0.15, 0.2) is 88.4 Å². The molecule has 0 unspecified atom stereocenters. The van der Waals surface area contributed by atoms with Crippen molar-refractivity contribution in [3.05, 3.63) is 90.5 Å². The lowest BCUT2D eigenvalue weighted by Crippen LogP contribution is -2.23. The number of pyridine rings is 1. The first-order valence-corrected chi connectivity index (χ1v) is 10.3. The minimum absolute atomic E-state index is 0.0347. The summed E-state index contributed by atoms with van der Waals surface area (Å²) in [4.78, 5) is 16.9. The van der Waals surface area contributed by atoms with Crippen LogP contribution in [0.4, 0.5) is 5.69 Å². The van der Waals surface area contributed by atoms with Crippen molar-refractivity contribution in [1.82, 2.24) is 9.71 Å². The number of hydrogen-bond donors (Lipinski definition) is 2. The molecule has 2 aromatic carbocycles. The lowest BCUT2D eigenvalue weighted by molar-refractivity contribution is 0.102. The van der Waals surface area contributed by atoms with Crippen LogP contribution in [0.3, 0.4) is 0 Å². The van der Waals surface area contributed by atoms with Crippen molar-refractivity contribution in [1.29, 1.82) is 0 Å². The Labute approximate surface area is 167 Å². The molecule has 0 bridgehead atoms. The molecule has 4 rings (SSSR count). The molecule has 4 aromatic rings. The first-order chi connectivity index (χ1) is 14.0. The predicted octanol–water partition coefficient (Wildman–Crippen LogP) is 3.56. The summed E-state index contributed by atoms with van der Waals surface area (Å²) in [6.07, 6.45) is 1.47. The van der Waals surface area contributed by atoms with Crippen LogP contribution < -0.4 is 10.0 Å². The molecule has 0 fully saturated rings. The van der Waals surface area contributed by atoms with Crippen molar-refractivity contribution in [2.45, 2.75) is 11.4 Å². The van der Waals surface area contributed by atoms with E-state index in [0.29, 0.717) is 17.0 Å². The zero-order valence-corrected chi connectivity index (χ0v) is 16.0. The average molecular weight is 407 g/mol. The number of furan rings is 1. The molecule has 0 aliphatic heterocycles. The van der Waals surface area contributed by atoms with Crippen LogP contribution >= 0.6 is 0 Å². The molecule has 29 heavy (non-hydrogen) atoms. The largest absolute Gasteiger partial charge is 0.468 e. The number of benzene rings is 2. The second-order valence-corrected chi connectivity index (χ2v) is 8.04. The monoisotopic (exact) mass is 407 g/mol. The zero-order valence-electron chi connectivity index (χ0n) is 15.2. The summed E-state index contributed by atoms with van der Waals surface area (Å²) < 4.78 is 32.6. The topological polar surface area (TPSA) is 101 Å². The summed E-state index contributed by atoms with van der Waals surface area (Å²) in [5.41, 5.74) is 1.30. The van der Waals surface area contributed by atoms with Gasteiger partial charge in [-0.25, -0.2) is 18.1 Å². The molecule has 2 N–H and O–H groups in total. The maximum absolute atomic E-state index is 12.5. The molecule has 0 spiro atoms. The number of carbonyl (C=O) groups excluding carboxylic acids is 1. The Morgan fingerprint density at radius 1 is 0.966 bits per heavy atom. The molecule has 1 amide bonds. The highest BCUT2D eigenvalue weighted by Gasteiger charge is 2.16. The van der Waals surface area contributed by atoms with Gasteiger partial charge in [-0.15, -0.1) is 0 Å². The first kappa shape index (κ1) is 18.9. The second kappa shape index (κ2) is 7.86. The number of nitrogens with one attached hydrogen (secondary N) is 2. The van der Waals surface area contributed by atoms with Gasteiger partial charge in [0.2, 0.25) is 10.0 Å². The highest BCUT2D eigenvalue weighted by Crippen LogP contribution is 2.18. The number of anilines is 1. The standard InChI is InChI=1S/C21H17N3O4S/c25-21(20-11-10-15-5-1-2-9-19(15)24-20)23-16-6-3-8-18(13-16)29(26,27)22-14-17-7-4-12-28-17/h1-13,22H,14H2,(H,23,25). The Balaban J connectivity index is 1.51. The van der Waals surface area contributed by atoms with Gasteiger partial charge in [0.15, 0.2) is 0 Å². The number of carbonyl (C=O) groups is 1. The van der Waals surface area contributed by atoms with Crippen LogP contribution in [0, 0.1) is 0 Å². The van der Waals surface area contributed by atoms with Gasteiger partial charge >= 0.3 is 0 Å². The van der Waals surface area contributed by atoms with Crippen LogP contribution in [0.2, 0.25) is 0 Å². The van der Waals surface area contributed by atoms with Gasteiger partial charge in [0.1, 0.15) is 11.5 Å². The normalized spacial score (nSPS) is 11.4. The van der Waals surface area contributed by atoms with Gasteiger partial charge in [0.25, 0.3) is 5.91 Å². The van der Waals surface area contributed by atoms with Crippen molar-refractivity contribution in [3.63, 3.8) is 0 Å². The van der Waals surface area contributed by atoms with Crippen molar-refractivity contribution in [2.24, 2.45) is 0 Å². The maximum Gasteiger partial charge on any atom is 0.274 e. The molecule has 0 saturated carbocycles. The Morgan fingerprint density at radius 3 is 2.66 bits per heavy atom. The van der Waals surface area contributed by atoms with E-state index in [-0.39, 0.29) is 17.1 Å². The summed E-state index contributed by atoms with van der Waals surface area (Å²) in [6.45, 7) is 0.0347. The fourth-order valence-corrected chi connectivity index (χ4v) is 3.83. The minimum Gasteiger partial charge on any atom is -0.468 e. The summed E-state index contributed by atoms with van der Waals surface area (Å²) in [5.74, 6) is 0.0780. The van der Waals surface area contributed by atoms with Crippen LogP contribution in [-0.4, -0.2) is 19.3 Å². The Bertz CT molecular complexity index is 1270. The fraction of sp³-hybridized carbons (Fsp3) is 0.0476. The Hall–Kier alpha value is -3.49. The number of fused-ring (bicyclic) bond motifs is 1. The maximum atomic E-state index is 12.5. The lowest BCUT2D eigenvalue weighted by atomic mass is 10.2. The van der Waals surface area contributed by atoms with E-state index in [1.165, 1.54) is 18.4 Å². The molecule has 2 heterocycles. The molecular formula is C21H17N3O4S. The van der Waals surface area contributed by atoms with E-state index in [4.69, 9.17) is 4.42 Å². The summed E-state index contributed by atoms with van der Waals surface area (Å²) in [7, 11) is -3.77. The highest BCUT2D eigenvalue weighted by molar-refractivity contribution is 7.89. The molecular weight excluding hydrogens is 390 g/mol. The lowest BCUT2D eigenvalue weighted by Gasteiger charge is -2.09. The van der Waals surface area contributed by atoms with Gasteiger partial charge in [-0.05, 0) is 42.5 Å². The average Bonchev–Trinajstić information content (AvgIpc) is 3.26. The number of aromatic nitrogens is 1. The quantitative estimate of drug-likeness (QED) is 0.509. The van der Waals surface area contributed by atoms with Gasteiger partial charge in [0.05, 0.1) is 23.2 Å². The molecule has 8 heteroatoms. The van der Waals surface area contributed by atoms with Crippen LogP contribution in [0.5, 0.6) is 0 Å². The third-order valence-corrected chi connectivity index (χ3v) is 5.65. The van der Waals surface area contributed by atoms with Gasteiger partial charge in [-0.2, -0.15) is 0 Å². The van der Waals surface area contributed by atoms with Gasteiger partial charge in [-0.3, -0.25) is 4.79 Å². The third kappa shape index (κ3) is 4.34. The molecule has 2 aromatic heterocycles. The summed E-state index contributed by atoms with van der Waals surface area (Å²) >= 11 is 0. The van der Waals surface area contributed by atoms with E-state index in [0.717, 1.165) is 5.39 Å². The molecule has 0 aliphatic rings. The number of para-hydroxylation sites is 1. The minimum atomic E-state index is -3.77. The van der Waals surface area contributed by atoms with Crippen LogP contribution in [0.25, 0.3) is 10.9 Å². The van der Waals surface area contributed by atoms with E-state index >= 15 is 0 Å². The molecule has 0 atom stereocenters. The van der Waals surface area contributed by atoms with Gasteiger partial charge in [-0.1, -0.05) is 30.3 Å². The molecule has 0 radical (unpaired) electrons. The number of amides is 1. The first-order valence-electron chi connectivity index (χ1n) is 8.80. The second-order valence-electron chi connectivity index (χ2n) is 6.28. The van der Waals surface area contributed by atoms with E-state index < -0.39 is 15.9 Å². The summed E-state index contributed by atoms with van der Waals surface area (Å²) in [5, 5.41) is 3.62. The van der Waals surface area contributed by atoms with E-state index in [1.807, 2.05) is 30.3 Å². The van der Waals surface area contributed by atoms with Crippen molar-refractivity contribution in [3.8, 4) is 0 Å². The zero-order chi connectivity index (χ0) is 20.3. The van der Waals surface area contributed by atoms with E-state index in [9.17, 15) is 13.2 Å². The number of hydrogen-bond acceptors (Lipinski definition) is 5. The Morgan fingerprint density at radius 2 is 1.83 bits per heavy atom. The van der Waals surface area contributed by atoms with Crippen LogP contribution in [0.1, 0.15) is 16.2 Å². The van der Waals surface area contributed by atoms with E-state index in [2.05, 4.69) is 15.0 Å². The Kier molecular flexibility index (Phi) is 5.11. The van der Waals surface area contributed by atoms with Crippen molar-refractivity contribution in [2.75, 3.05) is 5.32 Å². The SMILES string of the molecule is O=C(Nc1cccc(S(=O)(=O)NCc2ccco2)c1)c1ccc2ccccc2n1. The van der Waals surface area contributed by atoms with Crippen LogP contribution in [-0.2, 0) is 16.6 Å². The number of nitrogens with zero attached hydrogens (tertiary/aromatic N) is 1. The molecule has 146 valence electrons. The number of rotatable bonds is 6. The fourth-order valence-electron chi connectivity index (χ4n) is 2.79. The molecule has 7 nitrogen and oxygen atoms in total. The van der Waals surface area contributed by atoms with Crippen molar-refractivity contribution < 1.29 is 17.6 Å². The molecule has 0 aliphatic carbocycles. The van der Waals surface area contributed by atoms with Gasteiger partial charge < -0.3 is 9.73 Å².